The molecule has 0 fully saturated rings. The standard InChI is InChI=1S/C12H13BrN2O2/c1-15(12-14-11(7-16)8-17-12)6-9-3-2-4-10(13)5-9/h2-5,8,16H,6-7H2,1H3. The number of benzene rings is 1. The Labute approximate surface area is 108 Å². The highest BCUT2D eigenvalue weighted by molar-refractivity contribution is 9.10. The van der Waals surface area contributed by atoms with Gasteiger partial charge in [-0.1, -0.05) is 28.1 Å². The summed E-state index contributed by atoms with van der Waals surface area (Å²) in [6.45, 7) is 0.596. The zero-order valence-electron chi connectivity index (χ0n) is 9.43. The van der Waals surface area contributed by atoms with Gasteiger partial charge in [0.1, 0.15) is 12.0 Å². The third kappa shape index (κ3) is 3.08. The lowest BCUT2D eigenvalue weighted by Gasteiger charge is -2.14. The molecule has 1 heterocycles. The molecule has 0 aliphatic carbocycles. The van der Waals surface area contributed by atoms with Gasteiger partial charge in [-0.3, -0.25) is 0 Å². The predicted molar refractivity (Wildman–Crippen MR) is 68.7 cm³/mol. The Hall–Kier alpha value is -1.33. The molecule has 0 bridgehead atoms. The maximum Gasteiger partial charge on any atom is 0.297 e. The first-order valence-corrected chi connectivity index (χ1v) is 5.99. The Morgan fingerprint density at radius 3 is 2.94 bits per heavy atom. The number of aliphatic hydroxyl groups excluding tert-OH is 1. The molecule has 1 N–H and O–H groups in total. The molecule has 2 rings (SSSR count). The molecular weight excluding hydrogens is 284 g/mol. The molecule has 17 heavy (non-hydrogen) atoms. The molecule has 90 valence electrons. The zero-order valence-corrected chi connectivity index (χ0v) is 11.0. The molecule has 0 spiro atoms. The number of rotatable bonds is 4. The van der Waals surface area contributed by atoms with Crippen LogP contribution >= 0.6 is 15.9 Å². The van der Waals surface area contributed by atoms with Gasteiger partial charge in [-0.15, -0.1) is 0 Å². The smallest absolute Gasteiger partial charge is 0.297 e. The van der Waals surface area contributed by atoms with E-state index >= 15 is 0 Å². The average molecular weight is 297 g/mol. The SMILES string of the molecule is CN(Cc1cccc(Br)c1)c1nc(CO)co1. The van der Waals surface area contributed by atoms with Gasteiger partial charge in [-0.2, -0.15) is 4.98 Å². The van der Waals surface area contributed by atoms with Gasteiger partial charge in [0.2, 0.25) is 0 Å². The summed E-state index contributed by atoms with van der Waals surface area (Å²) in [7, 11) is 1.90. The highest BCUT2D eigenvalue weighted by atomic mass is 79.9. The number of hydrogen-bond donors (Lipinski definition) is 1. The number of halogens is 1. The van der Waals surface area contributed by atoms with Crippen LogP contribution in [-0.4, -0.2) is 17.1 Å². The highest BCUT2D eigenvalue weighted by Crippen LogP contribution is 2.17. The lowest BCUT2D eigenvalue weighted by atomic mass is 10.2. The van der Waals surface area contributed by atoms with E-state index in [4.69, 9.17) is 9.52 Å². The number of aliphatic hydroxyl groups is 1. The molecule has 0 atom stereocenters. The minimum absolute atomic E-state index is 0.103. The summed E-state index contributed by atoms with van der Waals surface area (Å²) in [5.74, 6) is 0. The topological polar surface area (TPSA) is 49.5 Å². The summed E-state index contributed by atoms with van der Waals surface area (Å²) in [4.78, 5) is 6.03. The van der Waals surface area contributed by atoms with Crippen LogP contribution in [0.4, 0.5) is 6.01 Å². The maximum atomic E-state index is 8.91. The lowest BCUT2D eigenvalue weighted by Crippen LogP contribution is -2.16. The van der Waals surface area contributed by atoms with Gasteiger partial charge in [0, 0.05) is 18.1 Å². The fraction of sp³-hybridized carbons (Fsp3) is 0.250. The number of aromatic nitrogens is 1. The van der Waals surface area contributed by atoms with Crippen LogP contribution in [0, 0.1) is 0 Å². The predicted octanol–water partition coefficient (Wildman–Crippen LogP) is 2.57. The van der Waals surface area contributed by atoms with Crippen LogP contribution in [-0.2, 0) is 13.2 Å². The van der Waals surface area contributed by atoms with Crippen LogP contribution in [0.2, 0.25) is 0 Å². The van der Waals surface area contributed by atoms with E-state index in [2.05, 4.69) is 20.9 Å². The molecule has 0 saturated carbocycles. The van der Waals surface area contributed by atoms with Crippen molar-refractivity contribution in [2.75, 3.05) is 11.9 Å². The van der Waals surface area contributed by atoms with Crippen LogP contribution in [0.1, 0.15) is 11.3 Å². The number of nitrogens with zero attached hydrogens (tertiary/aromatic N) is 2. The van der Waals surface area contributed by atoms with Crippen LogP contribution < -0.4 is 4.90 Å². The normalized spacial score (nSPS) is 10.5. The van der Waals surface area contributed by atoms with E-state index in [1.807, 2.05) is 36.2 Å². The van der Waals surface area contributed by atoms with E-state index in [1.54, 1.807) is 0 Å². The molecule has 0 aliphatic rings. The number of hydrogen-bond acceptors (Lipinski definition) is 4. The van der Waals surface area contributed by atoms with Crippen molar-refractivity contribution in [1.82, 2.24) is 4.98 Å². The second-order valence-electron chi connectivity index (χ2n) is 3.77. The largest absolute Gasteiger partial charge is 0.432 e. The fourth-order valence-electron chi connectivity index (χ4n) is 1.52. The van der Waals surface area contributed by atoms with Gasteiger partial charge in [0.25, 0.3) is 6.01 Å². The van der Waals surface area contributed by atoms with Crippen LogP contribution in [0.25, 0.3) is 0 Å². The lowest BCUT2D eigenvalue weighted by molar-refractivity contribution is 0.276. The number of anilines is 1. The quantitative estimate of drug-likeness (QED) is 0.942. The first kappa shape index (κ1) is 12.1. The summed E-state index contributed by atoms with van der Waals surface area (Å²) < 4.78 is 6.31. The van der Waals surface area contributed by atoms with Crippen molar-refractivity contribution in [3.8, 4) is 0 Å². The third-order valence-electron chi connectivity index (χ3n) is 2.34. The van der Waals surface area contributed by atoms with E-state index in [9.17, 15) is 0 Å². The first-order valence-electron chi connectivity index (χ1n) is 5.20. The van der Waals surface area contributed by atoms with Crippen LogP contribution in [0.3, 0.4) is 0 Å². The van der Waals surface area contributed by atoms with Crippen molar-refractivity contribution < 1.29 is 9.52 Å². The average Bonchev–Trinajstić information content (AvgIpc) is 2.77. The second kappa shape index (κ2) is 5.33. The molecule has 5 heteroatoms. The van der Waals surface area contributed by atoms with Gasteiger partial charge < -0.3 is 14.4 Å². The van der Waals surface area contributed by atoms with Gasteiger partial charge >= 0.3 is 0 Å². The molecule has 0 amide bonds. The van der Waals surface area contributed by atoms with Gasteiger partial charge in [-0.25, -0.2) is 0 Å². The van der Waals surface area contributed by atoms with Gasteiger partial charge in [0.05, 0.1) is 6.61 Å². The molecular formula is C12H13BrN2O2. The maximum absolute atomic E-state index is 8.91. The van der Waals surface area contributed by atoms with Gasteiger partial charge in [-0.05, 0) is 17.7 Å². The Kier molecular flexibility index (Phi) is 3.81. The Morgan fingerprint density at radius 2 is 2.29 bits per heavy atom. The van der Waals surface area contributed by atoms with E-state index in [-0.39, 0.29) is 6.61 Å². The van der Waals surface area contributed by atoms with E-state index in [1.165, 1.54) is 6.26 Å². The molecule has 0 radical (unpaired) electrons. The van der Waals surface area contributed by atoms with E-state index in [0.717, 1.165) is 10.0 Å². The van der Waals surface area contributed by atoms with Crippen molar-refractivity contribution in [1.29, 1.82) is 0 Å². The summed E-state index contributed by atoms with van der Waals surface area (Å²) in [6.07, 6.45) is 1.47. The summed E-state index contributed by atoms with van der Waals surface area (Å²) in [6, 6.07) is 8.57. The van der Waals surface area contributed by atoms with Gasteiger partial charge in [0.15, 0.2) is 0 Å². The van der Waals surface area contributed by atoms with Crippen molar-refractivity contribution in [3.63, 3.8) is 0 Å². The van der Waals surface area contributed by atoms with Crippen molar-refractivity contribution in [3.05, 3.63) is 46.3 Å². The molecule has 2 aromatic rings. The molecule has 0 unspecified atom stereocenters. The van der Waals surface area contributed by atoms with Crippen molar-refractivity contribution in [2.24, 2.45) is 0 Å². The Bertz CT molecular complexity index is 499. The molecule has 4 nitrogen and oxygen atoms in total. The Morgan fingerprint density at radius 1 is 1.47 bits per heavy atom. The summed E-state index contributed by atoms with van der Waals surface area (Å²) in [5, 5.41) is 8.91. The van der Waals surface area contributed by atoms with Crippen LogP contribution in [0.5, 0.6) is 0 Å². The summed E-state index contributed by atoms with van der Waals surface area (Å²) in [5.41, 5.74) is 1.70. The fourth-order valence-corrected chi connectivity index (χ4v) is 1.97. The summed E-state index contributed by atoms with van der Waals surface area (Å²) >= 11 is 3.43. The second-order valence-corrected chi connectivity index (χ2v) is 4.68. The highest BCUT2D eigenvalue weighted by Gasteiger charge is 2.09. The van der Waals surface area contributed by atoms with Crippen LogP contribution in [0.15, 0.2) is 39.4 Å². The molecule has 1 aromatic carbocycles. The minimum atomic E-state index is -0.103. The van der Waals surface area contributed by atoms with E-state index < -0.39 is 0 Å². The van der Waals surface area contributed by atoms with Crippen molar-refractivity contribution in [2.45, 2.75) is 13.2 Å². The third-order valence-corrected chi connectivity index (χ3v) is 2.83. The first-order chi connectivity index (χ1) is 8.19. The van der Waals surface area contributed by atoms with Crippen molar-refractivity contribution >= 4 is 21.9 Å². The minimum Gasteiger partial charge on any atom is -0.432 e. The monoisotopic (exact) mass is 296 g/mol. The Balaban J connectivity index is 2.08. The zero-order chi connectivity index (χ0) is 12.3. The van der Waals surface area contributed by atoms with E-state index in [0.29, 0.717) is 18.3 Å². The number of oxazole rings is 1. The molecule has 1 aromatic heterocycles. The molecule has 0 saturated heterocycles. The molecule has 0 aliphatic heterocycles.